The second kappa shape index (κ2) is 8.96. The van der Waals surface area contributed by atoms with Crippen LogP contribution in [0.15, 0.2) is 36.7 Å². The average Bonchev–Trinajstić information content (AvgIpc) is 3.26. The largest absolute Gasteiger partial charge is 0.433 e. The van der Waals surface area contributed by atoms with Crippen LogP contribution in [0.1, 0.15) is 41.9 Å². The van der Waals surface area contributed by atoms with Gasteiger partial charge in [0.25, 0.3) is 0 Å². The van der Waals surface area contributed by atoms with Crippen molar-refractivity contribution < 1.29 is 27.9 Å². The van der Waals surface area contributed by atoms with Crippen LogP contribution in [0.5, 0.6) is 0 Å². The molecule has 0 aliphatic heterocycles. The zero-order chi connectivity index (χ0) is 25.6. The summed E-state index contributed by atoms with van der Waals surface area (Å²) in [6.45, 7) is 4.98. The molecule has 4 rings (SSSR count). The molecule has 7 nitrogen and oxygen atoms in total. The van der Waals surface area contributed by atoms with E-state index in [1.165, 1.54) is 11.3 Å². The second-order valence-corrected chi connectivity index (χ2v) is 13.9. The molecule has 0 saturated heterocycles. The molecule has 35 heavy (non-hydrogen) atoms. The van der Waals surface area contributed by atoms with Gasteiger partial charge in [-0.2, -0.15) is 13.2 Å². The summed E-state index contributed by atoms with van der Waals surface area (Å²) in [4.78, 5) is 12.6. The van der Waals surface area contributed by atoms with Crippen LogP contribution in [0.4, 0.5) is 24.8 Å². The molecule has 2 heterocycles. The fourth-order valence-corrected chi connectivity index (χ4v) is 6.49. The molecule has 0 unspecified atom stereocenters. The molecule has 12 heteroatoms. The van der Waals surface area contributed by atoms with E-state index >= 15 is 0 Å². The number of hydrogen-bond donors (Lipinski definition) is 3. The number of hydrogen-bond acceptors (Lipinski definition) is 8. The first kappa shape index (κ1) is 25.8. The van der Waals surface area contributed by atoms with Gasteiger partial charge in [-0.25, -0.2) is 15.0 Å². The Balaban J connectivity index is 1.56. The number of halogens is 3. The van der Waals surface area contributed by atoms with Gasteiger partial charge in [-0.15, -0.1) is 11.3 Å². The van der Waals surface area contributed by atoms with Gasteiger partial charge in [-0.05, 0) is 75.3 Å². The fourth-order valence-electron chi connectivity index (χ4n) is 4.14. The van der Waals surface area contributed by atoms with Crippen molar-refractivity contribution in [2.75, 3.05) is 18.6 Å². The minimum atomic E-state index is -4.57. The molecule has 188 valence electrons. The summed E-state index contributed by atoms with van der Waals surface area (Å²) < 4.78 is 51.4. The molecule has 3 N–H and O–H groups in total. The summed E-state index contributed by atoms with van der Waals surface area (Å²) in [7, 11) is -2.75. The van der Waals surface area contributed by atoms with Crippen LogP contribution >= 0.6 is 18.5 Å². The van der Waals surface area contributed by atoms with Gasteiger partial charge in [0.2, 0.25) is 5.95 Å². The minimum Gasteiger partial charge on any atom is -0.383 e. The van der Waals surface area contributed by atoms with Crippen LogP contribution in [-0.2, 0) is 16.3 Å². The van der Waals surface area contributed by atoms with Crippen molar-refractivity contribution in [2.45, 2.75) is 49.7 Å². The topological polar surface area (TPSA) is 108 Å². The van der Waals surface area contributed by atoms with Gasteiger partial charge in [0.15, 0.2) is 0 Å². The highest BCUT2D eigenvalue weighted by Gasteiger charge is 2.48. The quantitative estimate of drug-likeness (QED) is 0.364. The zero-order valence-electron chi connectivity index (χ0n) is 19.4. The number of aryl methyl sites for hydroxylation is 1. The number of alkyl halides is 3. The van der Waals surface area contributed by atoms with E-state index < -0.39 is 30.0 Å². The smallest absolute Gasteiger partial charge is 0.383 e. The second-order valence-electron chi connectivity index (χ2n) is 9.37. The van der Waals surface area contributed by atoms with Gasteiger partial charge in [-0.1, -0.05) is 6.07 Å². The van der Waals surface area contributed by atoms with E-state index in [-0.39, 0.29) is 31.6 Å². The highest BCUT2D eigenvalue weighted by atomic mass is 32.1. The third kappa shape index (κ3) is 5.43. The van der Waals surface area contributed by atoms with Crippen LogP contribution < -0.4 is 5.32 Å². The Hall–Kier alpha value is -2.33. The van der Waals surface area contributed by atoms with Gasteiger partial charge in [0.1, 0.15) is 28.8 Å². The monoisotopic (exact) mass is 526 g/mol. The van der Waals surface area contributed by atoms with Gasteiger partial charge in [0.05, 0.1) is 4.88 Å². The van der Waals surface area contributed by atoms with Crippen molar-refractivity contribution in [2.24, 2.45) is 0 Å². The number of thiazole rings is 1. The van der Waals surface area contributed by atoms with Gasteiger partial charge in [0, 0.05) is 18.1 Å². The molecular weight excluding hydrogens is 500 g/mol. The van der Waals surface area contributed by atoms with Crippen molar-refractivity contribution in [1.29, 1.82) is 0 Å². The zero-order valence-corrected chi connectivity index (χ0v) is 21.1. The lowest BCUT2D eigenvalue weighted by atomic mass is 9.83. The van der Waals surface area contributed by atoms with Crippen LogP contribution in [-0.4, -0.2) is 43.8 Å². The summed E-state index contributed by atoms with van der Waals surface area (Å²) in [5.41, 5.74) is -0.121. The standard InChI is InChI=1S/C23H26F3N4O3PS/c1-14-10-15(12-16(11-14)29-20-27-9-4-18(30-20)23(24,25)26)17-13-28-19(35-17)21(31)5-7-22(32,8-6-21)34(2,3)33/h4,9-13,31-32H,5-8H2,1-3H3,(H,27,29,30)/t21-,22+. The van der Waals surface area contributed by atoms with Gasteiger partial charge < -0.3 is 20.1 Å². The normalized spacial score (nSPS) is 23.3. The number of nitrogens with one attached hydrogen (secondary N) is 1. The van der Waals surface area contributed by atoms with Crippen molar-refractivity contribution in [1.82, 2.24) is 15.0 Å². The number of benzene rings is 1. The average molecular weight is 527 g/mol. The van der Waals surface area contributed by atoms with Crippen LogP contribution in [0.3, 0.4) is 0 Å². The maximum atomic E-state index is 13.0. The van der Waals surface area contributed by atoms with Crippen molar-refractivity contribution in [3.05, 3.63) is 52.9 Å². The summed E-state index contributed by atoms with van der Waals surface area (Å²) >= 11 is 1.31. The first-order valence-electron chi connectivity index (χ1n) is 10.9. The summed E-state index contributed by atoms with van der Waals surface area (Å²) in [6, 6.07) is 6.23. The first-order chi connectivity index (χ1) is 16.2. The molecule has 0 atom stereocenters. The molecule has 1 saturated carbocycles. The maximum absolute atomic E-state index is 13.0. The molecular formula is C23H26F3N4O3PS. The number of anilines is 2. The van der Waals surface area contributed by atoms with Crippen molar-refractivity contribution in [3.8, 4) is 10.4 Å². The number of aromatic nitrogens is 3. The lowest BCUT2D eigenvalue weighted by Crippen LogP contribution is -2.40. The summed E-state index contributed by atoms with van der Waals surface area (Å²) in [5.74, 6) is -0.172. The van der Waals surface area contributed by atoms with E-state index in [0.29, 0.717) is 10.7 Å². The molecule has 0 spiro atoms. The van der Waals surface area contributed by atoms with Crippen LogP contribution in [0.25, 0.3) is 10.4 Å². The van der Waals surface area contributed by atoms with Gasteiger partial charge in [-0.3, -0.25) is 0 Å². The summed E-state index contributed by atoms with van der Waals surface area (Å²) in [5, 5.41) is 24.0. The Bertz CT molecular complexity index is 1280. The van der Waals surface area contributed by atoms with E-state index in [1.54, 1.807) is 31.7 Å². The SMILES string of the molecule is Cc1cc(Nc2nccc(C(F)(F)F)n2)cc(-c2cnc([C@]3(O)CC[C@@](O)(P(C)(C)=O)CC3)s2)c1. The summed E-state index contributed by atoms with van der Waals surface area (Å²) in [6.07, 6.45) is -0.951. The Labute approximate surface area is 204 Å². The predicted molar refractivity (Wildman–Crippen MR) is 129 cm³/mol. The first-order valence-corrected chi connectivity index (χ1v) is 14.4. The van der Waals surface area contributed by atoms with E-state index in [2.05, 4.69) is 20.3 Å². The Morgan fingerprint density at radius 2 is 1.77 bits per heavy atom. The van der Waals surface area contributed by atoms with E-state index in [0.717, 1.165) is 28.3 Å². The number of nitrogens with zero attached hydrogens (tertiary/aromatic N) is 3. The molecule has 0 amide bonds. The maximum Gasteiger partial charge on any atom is 0.433 e. The molecule has 0 radical (unpaired) electrons. The molecule has 0 bridgehead atoms. The van der Waals surface area contributed by atoms with Gasteiger partial charge >= 0.3 is 6.18 Å². The fraction of sp³-hybridized carbons (Fsp3) is 0.435. The van der Waals surface area contributed by atoms with Crippen LogP contribution in [0, 0.1) is 6.92 Å². The highest BCUT2D eigenvalue weighted by Crippen LogP contribution is 2.59. The van der Waals surface area contributed by atoms with E-state index in [1.807, 2.05) is 13.0 Å². The molecule has 1 fully saturated rings. The minimum absolute atomic E-state index is 0.172. The Kier molecular flexibility index (Phi) is 6.59. The lowest BCUT2D eigenvalue weighted by Gasteiger charge is -2.42. The Morgan fingerprint density at radius 1 is 1.09 bits per heavy atom. The molecule has 3 aromatic rings. The lowest BCUT2D eigenvalue weighted by molar-refractivity contribution is -0.141. The number of aliphatic hydroxyl groups is 2. The Morgan fingerprint density at radius 3 is 2.40 bits per heavy atom. The predicted octanol–water partition coefficient (Wildman–Crippen LogP) is 5.74. The molecule has 1 aliphatic carbocycles. The molecule has 1 aromatic carbocycles. The highest BCUT2D eigenvalue weighted by molar-refractivity contribution is 7.63. The number of rotatable bonds is 5. The van der Waals surface area contributed by atoms with Crippen molar-refractivity contribution in [3.63, 3.8) is 0 Å². The van der Waals surface area contributed by atoms with E-state index in [4.69, 9.17) is 0 Å². The van der Waals surface area contributed by atoms with Crippen LogP contribution in [0.2, 0.25) is 0 Å². The van der Waals surface area contributed by atoms with Crippen molar-refractivity contribution >= 4 is 30.1 Å². The molecule has 1 aliphatic rings. The molecule has 2 aromatic heterocycles. The third-order valence-corrected chi connectivity index (χ3v) is 10.0. The van der Waals surface area contributed by atoms with E-state index in [9.17, 15) is 27.9 Å². The third-order valence-electron chi connectivity index (χ3n) is 6.35.